The van der Waals surface area contributed by atoms with E-state index in [9.17, 15) is 5.11 Å². The Morgan fingerprint density at radius 2 is 1.45 bits per heavy atom. The van der Waals surface area contributed by atoms with Crippen LogP contribution in [0.15, 0.2) is 84.9 Å². The van der Waals surface area contributed by atoms with Crippen LogP contribution in [0.5, 0.6) is 0 Å². The molecule has 0 saturated carbocycles. The van der Waals surface area contributed by atoms with E-state index in [4.69, 9.17) is 19.6 Å². The van der Waals surface area contributed by atoms with E-state index in [1.807, 2.05) is 74.5 Å². The maximum Gasteiger partial charge on any atom is 0.309 e. The second-order valence-corrected chi connectivity index (χ2v) is 11.4. The molecular formula is C33H33BN4O2. The van der Waals surface area contributed by atoms with Gasteiger partial charge in [0.25, 0.3) is 0 Å². The molecule has 6 rings (SSSR count). The lowest BCUT2D eigenvalue weighted by molar-refractivity contribution is -0.0893. The summed E-state index contributed by atoms with van der Waals surface area (Å²) >= 11 is 0. The zero-order chi connectivity index (χ0) is 27.9. The Morgan fingerprint density at radius 3 is 2.05 bits per heavy atom. The van der Waals surface area contributed by atoms with Crippen LogP contribution in [0, 0.1) is 0 Å². The van der Waals surface area contributed by atoms with Gasteiger partial charge < -0.3 is 9.76 Å². The van der Waals surface area contributed by atoms with Crippen molar-refractivity contribution in [2.75, 3.05) is 0 Å². The topological polar surface area (TPSA) is 73.1 Å². The van der Waals surface area contributed by atoms with E-state index >= 15 is 0 Å². The zero-order valence-corrected chi connectivity index (χ0v) is 23.4. The van der Waals surface area contributed by atoms with E-state index in [1.165, 1.54) is 10.9 Å². The van der Waals surface area contributed by atoms with Crippen molar-refractivity contribution in [3.05, 3.63) is 96.2 Å². The summed E-state index contributed by atoms with van der Waals surface area (Å²) < 4.78 is 8.35. The molecule has 0 saturated heterocycles. The van der Waals surface area contributed by atoms with E-state index in [2.05, 4.69) is 34.9 Å². The number of aryl methyl sites for hydroxylation is 1. The van der Waals surface area contributed by atoms with Gasteiger partial charge in [-0.25, -0.2) is 4.98 Å². The molecule has 1 aliphatic carbocycles. The van der Waals surface area contributed by atoms with Crippen LogP contribution < -0.4 is 5.46 Å². The highest BCUT2D eigenvalue weighted by Gasteiger charge is 2.35. The monoisotopic (exact) mass is 528 g/mol. The first kappa shape index (κ1) is 26.2. The van der Waals surface area contributed by atoms with Crippen LogP contribution >= 0.6 is 0 Å². The number of rotatable bonds is 7. The van der Waals surface area contributed by atoms with Crippen molar-refractivity contribution in [2.24, 2.45) is 0 Å². The molecule has 3 aromatic carbocycles. The molecule has 0 fully saturated rings. The number of allylic oxidation sites excluding steroid dienone is 1. The molecule has 7 heteroatoms. The highest BCUT2D eigenvalue weighted by Crippen LogP contribution is 2.34. The van der Waals surface area contributed by atoms with Gasteiger partial charge in [0, 0.05) is 16.5 Å². The van der Waals surface area contributed by atoms with Gasteiger partial charge in [-0.1, -0.05) is 84.3 Å². The van der Waals surface area contributed by atoms with Gasteiger partial charge in [0.15, 0.2) is 11.6 Å². The molecule has 0 spiro atoms. The van der Waals surface area contributed by atoms with E-state index in [0.29, 0.717) is 25.1 Å². The maximum atomic E-state index is 10.5. The Morgan fingerprint density at radius 1 is 0.825 bits per heavy atom. The molecule has 40 heavy (non-hydrogen) atoms. The van der Waals surface area contributed by atoms with Crippen LogP contribution in [0.4, 0.5) is 0 Å². The van der Waals surface area contributed by atoms with Crippen molar-refractivity contribution >= 4 is 29.9 Å². The molecule has 0 amide bonds. The first-order valence-corrected chi connectivity index (χ1v) is 13.8. The van der Waals surface area contributed by atoms with Crippen molar-refractivity contribution in [3.8, 4) is 28.7 Å². The van der Waals surface area contributed by atoms with Crippen LogP contribution in [0.3, 0.4) is 0 Å². The predicted molar refractivity (Wildman–Crippen MR) is 163 cm³/mol. The summed E-state index contributed by atoms with van der Waals surface area (Å²) in [6.45, 7) is 7.40. The summed E-state index contributed by atoms with van der Waals surface area (Å²) in [5.41, 5.74) is 4.72. The average Bonchev–Trinajstić information content (AvgIpc) is 3.30. The fraction of sp³-hybridized carbons (Fsp3) is 0.242. The summed E-state index contributed by atoms with van der Waals surface area (Å²) in [7, 11) is 0.408. The highest BCUT2D eigenvalue weighted by atomic mass is 16.5. The molecule has 1 N–H and O–H groups in total. The third-order valence-electron chi connectivity index (χ3n) is 7.97. The molecule has 5 aromatic rings. The number of benzene rings is 3. The van der Waals surface area contributed by atoms with Crippen LogP contribution in [0.2, 0.25) is 0 Å². The Hall–Kier alpha value is -4.07. The standard InChI is InChI=1S/C33H33BN4O2/c1-32(2,39)33(3,4)40-34-24-19-20-28-26(21-24)25-17-11-12-18-27(25)38(28)31-36-29(22-13-7-5-8-14-22)35-30(37-31)23-15-9-6-10-16-23/h5-10,12-16,18-21,34,39H,11,17H2,1-4H3. The summed E-state index contributed by atoms with van der Waals surface area (Å²) in [6, 6.07) is 26.5. The zero-order valence-electron chi connectivity index (χ0n) is 23.4. The summed E-state index contributed by atoms with van der Waals surface area (Å²) in [5, 5.41) is 11.7. The smallest absolute Gasteiger partial charge is 0.309 e. The fourth-order valence-corrected chi connectivity index (χ4v) is 4.93. The van der Waals surface area contributed by atoms with E-state index in [-0.39, 0.29) is 0 Å². The quantitative estimate of drug-likeness (QED) is 0.277. The minimum absolute atomic E-state index is 0.408. The second-order valence-electron chi connectivity index (χ2n) is 11.4. The number of fused-ring (bicyclic) bond motifs is 3. The summed E-state index contributed by atoms with van der Waals surface area (Å²) in [4.78, 5) is 14.9. The average molecular weight is 528 g/mol. The Bertz CT molecular complexity index is 1650. The molecule has 6 nitrogen and oxygen atoms in total. The van der Waals surface area contributed by atoms with Gasteiger partial charge in [-0.3, -0.25) is 4.57 Å². The van der Waals surface area contributed by atoms with E-state index in [1.54, 1.807) is 13.8 Å². The van der Waals surface area contributed by atoms with Gasteiger partial charge >= 0.3 is 7.48 Å². The van der Waals surface area contributed by atoms with Gasteiger partial charge in [0.1, 0.15) is 0 Å². The van der Waals surface area contributed by atoms with Gasteiger partial charge in [-0.05, 0) is 58.2 Å². The summed E-state index contributed by atoms with van der Waals surface area (Å²) in [6.07, 6.45) is 6.32. The number of aliphatic hydroxyl groups is 1. The van der Waals surface area contributed by atoms with Crippen LogP contribution in [-0.2, 0) is 11.1 Å². The molecule has 0 radical (unpaired) electrons. The molecule has 0 unspecified atom stereocenters. The Balaban J connectivity index is 1.50. The number of hydrogen-bond donors (Lipinski definition) is 1. The fourth-order valence-electron chi connectivity index (χ4n) is 4.93. The van der Waals surface area contributed by atoms with Crippen molar-refractivity contribution in [1.82, 2.24) is 19.5 Å². The SMILES string of the molecule is CC(C)(O)C(C)(C)OBc1ccc2c(c1)c1c(n2-c2nc(-c3ccccc3)nc(-c3ccccc3)n2)C=CCC1. The largest absolute Gasteiger partial charge is 0.427 e. The molecule has 200 valence electrons. The first-order chi connectivity index (χ1) is 19.2. The lowest BCUT2D eigenvalue weighted by atomic mass is 9.82. The third kappa shape index (κ3) is 4.87. The van der Waals surface area contributed by atoms with Gasteiger partial charge in [-0.2, -0.15) is 9.97 Å². The molecule has 2 aromatic heterocycles. The lowest BCUT2D eigenvalue weighted by Gasteiger charge is -2.37. The van der Waals surface area contributed by atoms with Crippen LogP contribution in [-0.4, -0.2) is 43.3 Å². The van der Waals surface area contributed by atoms with E-state index < -0.39 is 11.2 Å². The van der Waals surface area contributed by atoms with Crippen molar-refractivity contribution in [1.29, 1.82) is 0 Å². The first-order valence-electron chi connectivity index (χ1n) is 13.8. The van der Waals surface area contributed by atoms with Gasteiger partial charge in [0.05, 0.1) is 22.4 Å². The second kappa shape index (κ2) is 10.2. The maximum absolute atomic E-state index is 10.5. The third-order valence-corrected chi connectivity index (χ3v) is 7.97. The normalized spacial score (nSPS) is 13.4. The lowest BCUT2D eigenvalue weighted by Crippen LogP contribution is -2.49. The van der Waals surface area contributed by atoms with E-state index in [0.717, 1.165) is 40.6 Å². The molecule has 0 bridgehead atoms. The summed E-state index contributed by atoms with van der Waals surface area (Å²) in [5.74, 6) is 1.87. The van der Waals surface area contributed by atoms with Crippen molar-refractivity contribution in [2.45, 2.75) is 51.7 Å². The minimum atomic E-state index is -0.962. The number of aromatic nitrogens is 4. The van der Waals surface area contributed by atoms with Crippen LogP contribution in [0.25, 0.3) is 45.7 Å². The van der Waals surface area contributed by atoms with Crippen LogP contribution in [0.1, 0.15) is 45.4 Å². The number of hydrogen-bond acceptors (Lipinski definition) is 5. The Labute approximate surface area is 235 Å². The van der Waals surface area contributed by atoms with Gasteiger partial charge in [0.2, 0.25) is 5.95 Å². The molecule has 1 aliphatic rings. The highest BCUT2D eigenvalue weighted by molar-refractivity contribution is 6.47. The Kier molecular flexibility index (Phi) is 6.65. The molecular weight excluding hydrogens is 495 g/mol. The van der Waals surface area contributed by atoms with Gasteiger partial charge in [-0.15, -0.1) is 0 Å². The number of nitrogens with zero attached hydrogens (tertiary/aromatic N) is 4. The minimum Gasteiger partial charge on any atom is -0.427 e. The molecule has 0 aliphatic heterocycles. The predicted octanol–water partition coefficient (Wildman–Crippen LogP) is 5.65. The van der Waals surface area contributed by atoms with Crippen molar-refractivity contribution < 1.29 is 9.76 Å². The van der Waals surface area contributed by atoms with Crippen molar-refractivity contribution in [3.63, 3.8) is 0 Å². The molecule has 0 atom stereocenters. The molecule has 2 heterocycles.